The van der Waals surface area contributed by atoms with Gasteiger partial charge in [-0.3, -0.25) is 9.78 Å². The summed E-state index contributed by atoms with van der Waals surface area (Å²) in [4.78, 5) is 15.8. The van der Waals surface area contributed by atoms with E-state index >= 15 is 0 Å². The van der Waals surface area contributed by atoms with E-state index in [2.05, 4.69) is 26.2 Å². The second-order valence-corrected chi connectivity index (χ2v) is 4.26. The number of nitrogens with one attached hydrogen (secondary N) is 1. The molecule has 0 fully saturated rings. The minimum absolute atomic E-state index is 0.267. The lowest BCUT2D eigenvalue weighted by Gasteiger charge is -2.07. The third-order valence-electron chi connectivity index (χ3n) is 2.14. The number of carbonyl (C=O) groups excluding carboxylic acids is 1. The summed E-state index contributed by atoms with van der Waals surface area (Å²) >= 11 is 3.34. The van der Waals surface area contributed by atoms with Gasteiger partial charge in [0.25, 0.3) is 5.91 Å². The summed E-state index contributed by atoms with van der Waals surface area (Å²) < 4.78 is 0.774. The van der Waals surface area contributed by atoms with Crippen LogP contribution in [0.15, 0.2) is 47.1 Å². The number of nitrogen functional groups attached to an aromatic ring is 1. The van der Waals surface area contributed by atoms with Crippen molar-refractivity contribution in [3.05, 3.63) is 52.8 Å². The van der Waals surface area contributed by atoms with Crippen molar-refractivity contribution in [1.82, 2.24) is 4.98 Å². The molecule has 1 aromatic carbocycles. The van der Waals surface area contributed by atoms with Gasteiger partial charge in [-0.15, -0.1) is 0 Å². The fourth-order valence-electron chi connectivity index (χ4n) is 1.32. The van der Waals surface area contributed by atoms with Crippen LogP contribution in [0.2, 0.25) is 0 Å². The highest BCUT2D eigenvalue weighted by atomic mass is 79.9. The lowest BCUT2D eigenvalue weighted by atomic mass is 10.2. The minimum atomic E-state index is -0.267. The zero-order chi connectivity index (χ0) is 12.3. The van der Waals surface area contributed by atoms with Gasteiger partial charge in [0, 0.05) is 16.4 Å². The summed E-state index contributed by atoms with van der Waals surface area (Å²) in [5.41, 5.74) is 7.23. The largest absolute Gasteiger partial charge is 0.399 e. The molecule has 5 heteroatoms. The zero-order valence-electron chi connectivity index (χ0n) is 8.85. The molecule has 2 rings (SSSR count). The standard InChI is InChI=1S/C12H10BrN3O/c13-9-5-4-8(14)7-11(9)16-12(17)10-3-1-2-6-15-10/h1-7H,14H2,(H,16,17). The SMILES string of the molecule is Nc1ccc(Br)c(NC(=O)c2ccccn2)c1. The Morgan fingerprint density at radius 2 is 2.12 bits per heavy atom. The van der Waals surface area contributed by atoms with Crippen LogP contribution in [0.1, 0.15) is 10.5 Å². The second kappa shape index (κ2) is 4.97. The number of rotatable bonds is 2. The first kappa shape index (κ1) is 11.6. The molecule has 0 bridgehead atoms. The molecule has 0 aliphatic heterocycles. The van der Waals surface area contributed by atoms with Crippen LogP contribution >= 0.6 is 15.9 Å². The number of pyridine rings is 1. The summed E-state index contributed by atoms with van der Waals surface area (Å²) in [6.45, 7) is 0. The van der Waals surface area contributed by atoms with Gasteiger partial charge in [0.15, 0.2) is 0 Å². The molecule has 1 heterocycles. The molecule has 2 aromatic rings. The molecule has 0 atom stereocenters. The molecule has 1 aromatic heterocycles. The van der Waals surface area contributed by atoms with Crippen LogP contribution in [0.25, 0.3) is 0 Å². The average molecular weight is 292 g/mol. The highest BCUT2D eigenvalue weighted by Crippen LogP contribution is 2.24. The molecule has 0 radical (unpaired) electrons. The van der Waals surface area contributed by atoms with Crippen molar-refractivity contribution in [3.63, 3.8) is 0 Å². The number of nitrogens with zero attached hydrogens (tertiary/aromatic N) is 1. The Bertz CT molecular complexity index is 543. The van der Waals surface area contributed by atoms with E-state index < -0.39 is 0 Å². The predicted molar refractivity (Wildman–Crippen MR) is 70.7 cm³/mol. The number of aromatic nitrogens is 1. The summed E-state index contributed by atoms with van der Waals surface area (Å²) in [6, 6.07) is 10.4. The third-order valence-corrected chi connectivity index (χ3v) is 2.83. The molecule has 1 amide bonds. The lowest BCUT2D eigenvalue weighted by molar-refractivity contribution is 0.102. The molecule has 0 saturated carbocycles. The average Bonchev–Trinajstić information content (AvgIpc) is 2.35. The Balaban J connectivity index is 2.22. The van der Waals surface area contributed by atoms with Crippen molar-refractivity contribution in [2.75, 3.05) is 11.1 Å². The topological polar surface area (TPSA) is 68.0 Å². The first-order valence-corrected chi connectivity index (χ1v) is 5.73. The maximum Gasteiger partial charge on any atom is 0.274 e. The number of nitrogens with two attached hydrogens (primary N) is 1. The van der Waals surface area contributed by atoms with Gasteiger partial charge in [-0.05, 0) is 46.3 Å². The lowest BCUT2D eigenvalue weighted by Crippen LogP contribution is -2.13. The predicted octanol–water partition coefficient (Wildman–Crippen LogP) is 2.68. The number of anilines is 2. The number of hydrogen-bond donors (Lipinski definition) is 2. The van der Waals surface area contributed by atoms with E-state index in [9.17, 15) is 4.79 Å². The highest BCUT2D eigenvalue weighted by Gasteiger charge is 2.08. The molecule has 86 valence electrons. The number of halogens is 1. The maximum atomic E-state index is 11.8. The summed E-state index contributed by atoms with van der Waals surface area (Å²) in [6.07, 6.45) is 1.57. The van der Waals surface area contributed by atoms with E-state index in [4.69, 9.17) is 5.73 Å². The Hall–Kier alpha value is -1.88. The molecule has 0 aliphatic carbocycles. The second-order valence-electron chi connectivity index (χ2n) is 3.41. The molecule has 0 unspecified atom stereocenters. The van der Waals surface area contributed by atoms with Crippen LogP contribution in [0.4, 0.5) is 11.4 Å². The van der Waals surface area contributed by atoms with Gasteiger partial charge in [0.05, 0.1) is 5.69 Å². The third kappa shape index (κ3) is 2.82. The summed E-state index contributed by atoms with van der Waals surface area (Å²) in [7, 11) is 0. The smallest absolute Gasteiger partial charge is 0.274 e. The van der Waals surface area contributed by atoms with Crippen LogP contribution in [0.5, 0.6) is 0 Å². The molecular formula is C12H10BrN3O. The van der Waals surface area contributed by atoms with Crippen LogP contribution in [0.3, 0.4) is 0 Å². The van der Waals surface area contributed by atoms with Crippen molar-refractivity contribution in [1.29, 1.82) is 0 Å². The quantitative estimate of drug-likeness (QED) is 0.836. The van der Waals surface area contributed by atoms with Crippen LogP contribution in [-0.2, 0) is 0 Å². The maximum absolute atomic E-state index is 11.8. The number of amides is 1. The first-order valence-electron chi connectivity index (χ1n) is 4.94. The van der Waals surface area contributed by atoms with Gasteiger partial charge < -0.3 is 11.1 Å². The van der Waals surface area contributed by atoms with E-state index in [-0.39, 0.29) is 5.91 Å². The van der Waals surface area contributed by atoms with Gasteiger partial charge >= 0.3 is 0 Å². The molecule has 17 heavy (non-hydrogen) atoms. The van der Waals surface area contributed by atoms with E-state index in [1.54, 1.807) is 42.6 Å². The van der Waals surface area contributed by atoms with Crippen molar-refractivity contribution < 1.29 is 4.79 Å². The molecular weight excluding hydrogens is 282 g/mol. The fraction of sp³-hybridized carbons (Fsp3) is 0. The minimum Gasteiger partial charge on any atom is -0.399 e. The number of hydrogen-bond acceptors (Lipinski definition) is 3. The Morgan fingerprint density at radius 1 is 1.29 bits per heavy atom. The fourth-order valence-corrected chi connectivity index (χ4v) is 1.67. The van der Waals surface area contributed by atoms with E-state index in [0.717, 1.165) is 4.47 Å². The summed E-state index contributed by atoms with van der Waals surface area (Å²) in [5.74, 6) is -0.267. The molecule has 3 N–H and O–H groups in total. The van der Waals surface area contributed by atoms with E-state index in [1.165, 1.54) is 0 Å². The van der Waals surface area contributed by atoms with Gasteiger partial charge in [-0.25, -0.2) is 0 Å². The van der Waals surface area contributed by atoms with E-state index in [1.807, 2.05) is 0 Å². The first-order chi connectivity index (χ1) is 8.16. The van der Waals surface area contributed by atoms with Crippen molar-refractivity contribution in [2.45, 2.75) is 0 Å². The van der Waals surface area contributed by atoms with Crippen LogP contribution in [0, 0.1) is 0 Å². The van der Waals surface area contributed by atoms with Gasteiger partial charge in [0.1, 0.15) is 5.69 Å². The monoisotopic (exact) mass is 291 g/mol. The van der Waals surface area contributed by atoms with Crippen LogP contribution in [-0.4, -0.2) is 10.9 Å². The number of carbonyl (C=O) groups is 1. The Labute approximate surface area is 107 Å². The van der Waals surface area contributed by atoms with Gasteiger partial charge in [-0.1, -0.05) is 6.07 Å². The Morgan fingerprint density at radius 3 is 2.82 bits per heavy atom. The van der Waals surface area contributed by atoms with E-state index in [0.29, 0.717) is 17.1 Å². The molecule has 0 saturated heterocycles. The van der Waals surface area contributed by atoms with Crippen molar-refractivity contribution in [3.8, 4) is 0 Å². The van der Waals surface area contributed by atoms with Crippen molar-refractivity contribution in [2.24, 2.45) is 0 Å². The van der Waals surface area contributed by atoms with Gasteiger partial charge in [-0.2, -0.15) is 0 Å². The van der Waals surface area contributed by atoms with Gasteiger partial charge in [0.2, 0.25) is 0 Å². The zero-order valence-corrected chi connectivity index (χ0v) is 10.4. The highest BCUT2D eigenvalue weighted by molar-refractivity contribution is 9.10. The van der Waals surface area contributed by atoms with Crippen molar-refractivity contribution >= 4 is 33.2 Å². The molecule has 0 spiro atoms. The number of benzene rings is 1. The normalized spacial score (nSPS) is 9.94. The Kier molecular flexibility index (Phi) is 3.39. The van der Waals surface area contributed by atoms with Crippen LogP contribution < -0.4 is 11.1 Å². The molecule has 4 nitrogen and oxygen atoms in total. The summed E-state index contributed by atoms with van der Waals surface area (Å²) in [5, 5.41) is 2.74. The molecule has 0 aliphatic rings.